The predicted molar refractivity (Wildman–Crippen MR) is 52.0 cm³/mol. The van der Waals surface area contributed by atoms with E-state index < -0.39 is 0 Å². The van der Waals surface area contributed by atoms with Crippen molar-refractivity contribution in [1.29, 1.82) is 0 Å². The Hall–Kier alpha value is -1.11. The van der Waals surface area contributed by atoms with E-state index in [-0.39, 0.29) is 5.82 Å². The molecule has 0 fully saturated rings. The van der Waals surface area contributed by atoms with Crippen LogP contribution in [0.4, 0.5) is 4.39 Å². The first-order valence-corrected chi connectivity index (χ1v) is 4.77. The Balaban J connectivity index is 2.05. The summed E-state index contributed by atoms with van der Waals surface area (Å²) >= 11 is 0. The summed E-state index contributed by atoms with van der Waals surface area (Å²) in [5.41, 5.74) is 2.72. The van der Waals surface area contributed by atoms with Gasteiger partial charge in [-0.15, -0.1) is 0 Å². The number of hydrogen-bond donors (Lipinski definition) is 0. The van der Waals surface area contributed by atoms with E-state index in [1.165, 1.54) is 42.5 Å². The monoisotopic (exact) mass is 176 g/mol. The van der Waals surface area contributed by atoms with Crippen molar-refractivity contribution in [3.05, 3.63) is 47.3 Å². The van der Waals surface area contributed by atoms with Gasteiger partial charge < -0.3 is 0 Å². The lowest BCUT2D eigenvalue weighted by Crippen LogP contribution is -1.87. The molecule has 0 saturated heterocycles. The second-order valence-corrected chi connectivity index (χ2v) is 3.56. The highest BCUT2D eigenvalue weighted by atomic mass is 19.1. The fourth-order valence-electron chi connectivity index (χ4n) is 1.76. The third-order valence-corrected chi connectivity index (χ3v) is 2.48. The normalized spacial score (nSPS) is 15.9. The van der Waals surface area contributed by atoms with Crippen LogP contribution in [0.1, 0.15) is 24.8 Å². The first-order valence-electron chi connectivity index (χ1n) is 4.77. The Bertz CT molecular complexity index is 308. The number of halogens is 1. The maximum atomic E-state index is 12.6. The molecule has 13 heavy (non-hydrogen) atoms. The van der Waals surface area contributed by atoms with E-state index in [9.17, 15) is 4.39 Å². The molecule has 0 radical (unpaired) electrons. The van der Waals surface area contributed by atoms with Crippen LogP contribution in [0.2, 0.25) is 0 Å². The van der Waals surface area contributed by atoms with E-state index in [0.29, 0.717) is 0 Å². The molecular weight excluding hydrogens is 163 g/mol. The molecule has 0 atom stereocenters. The summed E-state index contributed by atoms with van der Waals surface area (Å²) in [6, 6.07) is 6.80. The lowest BCUT2D eigenvalue weighted by atomic mass is 10.1. The van der Waals surface area contributed by atoms with Crippen LogP contribution in [0, 0.1) is 5.82 Å². The van der Waals surface area contributed by atoms with E-state index in [0.717, 1.165) is 6.42 Å². The van der Waals surface area contributed by atoms with E-state index in [1.54, 1.807) is 0 Å². The van der Waals surface area contributed by atoms with Crippen LogP contribution >= 0.6 is 0 Å². The third kappa shape index (κ3) is 2.18. The molecule has 0 bridgehead atoms. The molecule has 2 rings (SSSR count). The van der Waals surface area contributed by atoms with Gasteiger partial charge in [-0.2, -0.15) is 0 Å². The molecule has 0 aromatic heterocycles. The average Bonchev–Trinajstić information content (AvgIpc) is 2.62. The maximum absolute atomic E-state index is 12.6. The summed E-state index contributed by atoms with van der Waals surface area (Å²) in [5, 5.41) is 0. The summed E-state index contributed by atoms with van der Waals surface area (Å²) in [6.07, 6.45) is 7.04. The molecule has 0 heterocycles. The number of hydrogen-bond acceptors (Lipinski definition) is 0. The molecule has 0 unspecified atom stereocenters. The van der Waals surface area contributed by atoms with Crippen LogP contribution in [0.25, 0.3) is 0 Å². The van der Waals surface area contributed by atoms with Crippen LogP contribution in [0.15, 0.2) is 35.9 Å². The number of allylic oxidation sites excluding steroid dienone is 2. The molecule has 1 aromatic rings. The van der Waals surface area contributed by atoms with Gasteiger partial charge in [-0.3, -0.25) is 0 Å². The van der Waals surface area contributed by atoms with Crippen molar-refractivity contribution in [1.82, 2.24) is 0 Å². The zero-order chi connectivity index (χ0) is 9.10. The Kier molecular flexibility index (Phi) is 2.44. The Morgan fingerprint density at radius 3 is 2.54 bits per heavy atom. The van der Waals surface area contributed by atoms with Crippen LogP contribution < -0.4 is 0 Å². The van der Waals surface area contributed by atoms with E-state index >= 15 is 0 Å². The zero-order valence-electron chi connectivity index (χ0n) is 7.59. The van der Waals surface area contributed by atoms with Gasteiger partial charge in [0.05, 0.1) is 0 Å². The average molecular weight is 176 g/mol. The second kappa shape index (κ2) is 3.73. The zero-order valence-corrected chi connectivity index (χ0v) is 7.59. The van der Waals surface area contributed by atoms with Crippen molar-refractivity contribution in [3.8, 4) is 0 Å². The minimum atomic E-state index is -0.149. The summed E-state index contributed by atoms with van der Waals surface area (Å²) in [5.74, 6) is -0.149. The lowest BCUT2D eigenvalue weighted by molar-refractivity contribution is 0.627. The largest absolute Gasteiger partial charge is 0.207 e. The van der Waals surface area contributed by atoms with Gasteiger partial charge in [0.1, 0.15) is 5.82 Å². The second-order valence-electron chi connectivity index (χ2n) is 3.56. The third-order valence-electron chi connectivity index (χ3n) is 2.48. The number of rotatable bonds is 2. The highest BCUT2D eigenvalue weighted by Gasteiger charge is 2.04. The highest BCUT2D eigenvalue weighted by molar-refractivity contribution is 5.23. The Morgan fingerprint density at radius 1 is 1.15 bits per heavy atom. The fourth-order valence-corrected chi connectivity index (χ4v) is 1.76. The summed E-state index contributed by atoms with van der Waals surface area (Å²) in [7, 11) is 0. The van der Waals surface area contributed by atoms with Crippen molar-refractivity contribution in [3.63, 3.8) is 0 Å². The SMILES string of the molecule is Fc1ccc(CC2=CCCC2)cc1. The van der Waals surface area contributed by atoms with E-state index in [1.807, 2.05) is 12.1 Å². The van der Waals surface area contributed by atoms with E-state index in [2.05, 4.69) is 6.08 Å². The highest BCUT2D eigenvalue weighted by Crippen LogP contribution is 2.21. The quantitative estimate of drug-likeness (QED) is 0.605. The van der Waals surface area contributed by atoms with Crippen molar-refractivity contribution < 1.29 is 4.39 Å². The molecule has 0 aliphatic heterocycles. The molecule has 1 aliphatic carbocycles. The molecule has 0 amide bonds. The van der Waals surface area contributed by atoms with Crippen LogP contribution in [-0.4, -0.2) is 0 Å². The Morgan fingerprint density at radius 2 is 1.92 bits per heavy atom. The molecule has 0 N–H and O–H groups in total. The predicted octanol–water partition coefficient (Wildman–Crippen LogP) is 3.48. The molecule has 1 aromatic carbocycles. The van der Waals surface area contributed by atoms with Crippen molar-refractivity contribution >= 4 is 0 Å². The van der Waals surface area contributed by atoms with Crippen molar-refractivity contribution in [2.75, 3.05) is 0 Å². The molecule has 1 aliphatic rings. The van der Waals surface area contributed by atoms with Crippen molar-refractivity contribution in [2.45, 2.75) is 25.7 Å². The van der Waals surface area contributed by atoms with Gasteiger partial charge in [-0.05, 0) is 43.4 Å². The molecule has 1 heteroatoms. The summed E-state index contributed by atoms with van der Waals surface area (Å²) < 4.78 is 12.6. The van der Waals surface area contributed by atoms with Crippen LogP contribution in [-0.2, 0) is 6.42 Å². The molecular formula is C12H13F. The summed E-state index contributed by atoms with van der Waals surface area (Å²) in [6.45, 7) is 0. The topological polar surface area (TPSA) is 0 Å². The molecule has 0 spiro atoms. The van der Waals surface area contributed by atoms with Gasteiger partial charge in [-0.25, -0.2) is 4.39 Å². The van der Waals surface area contributed by atoms with Gasteiger partial charge in [-0.1, -0.05) is 23.8 Å². The lowest BCUT2D eigenvalue weighted by Gasteiger charge is -2.01. The Labute approximate surface area is 78.1 Å². The number of benzene rings is 1. The minimum absolute atomic E-state index is 0.149. The first-order chi connectivity index (χ1) is 6.34. The smallest absolute Gasteiger partial charge is 0.123 e. The molecule has 68 valence electrons. The van der Waals surface area contributed by atoms with Crippen LogP contribution in [0.3, 0.4) is 0 Å². The van der Waals surface area contributed by atoms with Crippen molar-refractivity contribution in [2.24, 2.45) is 0 Å². The maximum Gasteiger partial charge on any atom is 0.123 e. The standard InChI is InChI=1S/C12H13F/c13-12-7-5-11(6-8-12)9-10-3-1-2-4-10/h3,5-8H,1-2,4,9H2. The van der Waals surface area contributed by atoms with Gasteiger partial charge in [0.25, 0.3) is 0 Å². The summed E-state index contributed by atoms with van der Waals surface area (Å²) in [4.78, 5) is 0. The van der Waals surface area contributed by atoms with Gasteiger partial charge >= 0.3 is 0 Å². The van der Waals surface area contributed by atoms with Crippen LogP contribution in [0.5, 0.6) is 0 Å². The van der Waals surface area contributed by atoms with E-state index in [4.69, 9.17) is 0 Å². The minimum Gasteiger partial charge on any atom is -0.207 e. The molecule has 0 saturated carbocycles. The molecule has 0 nitrogen and oxygen atoms in total. The fraction of sp³-hybridized carbons (Fsp3) is 0.333. The van der Waals surface area contributed by atoms with Gasteiger partial charge in [0.15, 0.2) is 0 Å². The van der Waals surface area contributed by atoms with Gasteiger partial charge in [0.2, 0.25) is 0 Å². The first kappa shape index (κ1) is 8.49. The van der Waals surface area contributed by atoms with Gasteiger partial charge in [0, 0.05) is 0 Å².